The van der Waals surface area contributed by atoms with E-state index in [-0.39, 0.29) is 11.9 Å². The fraction of sp³-hybridized carbons (Fsp3) is 0.238. The van der Waals surface area contributed by atoms with Gasteiger partial charge in [-0.05, 0) is 60.1 Å². The molecule has 2 aromatic carbocycles. The molecular weight excluding hydrogens is 368 g/mol. The fourth-order valence-electron chi connectivity index (χ4n) is 3.86. The summed E-state index contributed by atoms with van der Waals surface area (Å²) in [5.41, 5.74) is 2.39. The Bertz CT molecular complexity index is 1100. The Hall–Kier alpha value is -3.52. The van der Waals surface area contributed by atoms with Crippen LogP contribution >= 0.6 is 0 Å². The van der Waals surface area contributed by atoms with E-state index in [0.29, 0.717) is 6.54 Å². The van der Waals surface area contributed by atoms with Gasteiger partial charge >= 0.3 is 0 Å². The van der Waals surface area contributed by atoms with E-state index in [2.05, 4.69) is 31.8 Å². The van der Waals surface area contributed by atoms with Crippen molar-refractivity contribution in [3.8, 4) is 5.69 Å². The van der Waals surface area contributed by atoms with E-state index in [4.69, 9.17) is 4.42 Å². The maximum absolute atomic E-state index is 13.0. The van der Waals surface area contributed by atoms with Gasteiger partial charge in [-0.1, -0.05) is 24.3 Å². The average molecular weight is 388 g/mol. The molecule has 146 valence electrons. The van der Waals surface area contributed by atoms with Crippen LogP contribution in [0.25, 0.3) is 16.7 Å². The highest BCUT2D eigenvalue weighted by molar-refractivity contribution is 5.95. The van der Waals surface area contributed by atoms with Crippen LogP contribution in [0.3, 0.4) is 0 Å². The number of tetrazole rings is 1. The number of likely N-dealkylation sites (tertiary alicyclic amines) is 1. The minimum atomic E-state index is -0.181. The van der Waals surface area contributed by atoms with Gasteiger partial charge < -0.3 is 9.73 Å². The number of anilines is 1. The van der Waals surface area contributed by atoms with Gasteiger partial charge in [0.05, 0.1) is 18.3 Å². The molecule has 29 heavy (non-hydrogen) atoms. The van der Waals surface area contributed by atoms with E-state index in [0.717, 1.165) is 47.5 Å². The minimum Gasteiger partial charge on any atom is -0.460 e. The van der Waals surface area contributed by atoms with Crippen molar-refractivity contribution in [1.82, 2.24) is 25.1 Å². The molecular formula is C21H20N6O2. The molecule has 1 saturated heterocycles. The quantitative estimate of drug-likeness (QED) is 0.565. The lowest BCUT2D eigenvalue weighted by molar-refractivity contribution is -0.120. The van der Waals surface area contributed by atoms with Crippen molar-refractivity contribution in [1.29, 1.82) is 0 Å². The van der Waals surface area contributed by atoms with Crippen molar-refractivity contribution in [2.24, 2.45) is 0 Å². The zero-order valence-corrected chi connectivity index (χ0v) is 15.7. The molecule has 4 aromatic rings. The first kappa shape index (κ1) is 17.6. The number of rotatable bonds is 5. The molecule has 3 heterocycles. The van der Waals surface area contributed by atoms with Gasteiger partial charge in [0.15, 0.2) is 0 Å². The molecule has 1 fully saturated rings. The Kier molecular flexibility index (Phi) is 4.53. The predicted octanol–water partition coefficient (Wildman–Crippen LogP) is 3.01. The Morgan fingerprint density at radius 3 is 2.97 bits per heavy atom. The molecule has 5 rings (SSSR count). The van der Waals surface area contributed by atoms with Crippen LogP contribution in [0.4, 0.5) is 5.69 Å². The van der Waals surface area contributed by atoms with E-state index in [1.165, 1.54) is 6.33 Å². The summed E-state index contributed by atoms with van der Waals surface area (Å²) in [4.78, 5) is 15.1. The molecule has 0 radical (unpaired) electrons. The number of hydrogen-bond donors (Lipinski definition) is 1. The molecule has 1 atom stereocenters. The van der Waals surface area contributed by atoms with Gasteiger partial charge in [-0.2, -0.15) is 0 Å². The van der Waals surface area contributed by atoms with Crippen molar-refractivity contribution in [2.45, 2.75) is 25.4 Å². The first-order valence-corrected chi connectivity index (χ1v) is 9.62. The molecule has 0 saturated carbocycles. The third kappa shape index (κ3) is 3.62. The molecule has 1 aliphatic heterocycles. The van der Waals surface area contributed by atoms with E-state index in [9.17, 15) is 4.79 Å². The SMILES string of the molecule is O=C(Nc1cccc(-n2cnnn2)c1)[C@@H]1CCCN1Cc1cc2ccccc2o1. The Balaban J connectivity index is 1.29. The average Bonchev–Trinajstić information content (AvgIpc) is 3.48. The fourth-order valence-corrected chi connectivity index (χ4v) is 3.86. The van der Waals surface area contributed by atoms with Crippen molar-refractivity contribution < 1.29 is 9.21 Å². The Morgan fingerprint density at radius 2 is 2.10 bits per heavy atom. The first-order valence-electron chi connectivity index (χ1n) is 9.62. The highest BCUT2D eigenvalue weighted by Gasteiger charge is 2.31. The number of benzene rings is 2. The molecule has 0 bridgehead atoms. The number of carbonyl (C=O) groups is 1. The number of para-hydroxylation sites is 1. The van der Waals surface area contributed by atoms with Gasteiger partial charge in [0, 0.05) is 11.1 Å². The van der Waals surface area contributed by atoms with Crippen molar-refractivity contribution in [2.75, 3.05) is 11.9 Å². The van der Waals surface area contributed by atoms with Crippen LogP contribution in [0.15, 0.2) is 65.3 Å². The Morgan fingerprint density at radius 1 is 1.17 bits per heavy atom. The number of carbonyl (C=O) groups excluding carboxylic acids is 1. The molecule has 2 aromatic heterocycles. The number of nitrogens with one attached hydrogen (secondary N) is 1. The molecule has 1 aliphatic rings. The number of hydrogen-bond acceptors (Lipinski definition) is 6. The van der Waals surface area contributed by atoms with Gasteiger partial charge in [0.25, 0.3) is 0 Å². The largest absolute Gasteiger partial charge is 0.460 e. The van der Waals surface area contributed by atoms with Crippen molar-refractivity contribution >= 4 is 22.6 Å². The number of nitrogens with zero attached hydrogens (tertiary/aromatic N) is 5. The van der Waals surface area contributed by atoms with E-state index in [1.54, 1.807) is 4.68 Å². The molecule has 1 amide bonds. The summed E-state index contributed by atoms with van der Waals surface area (Å²) < 4.78 is 7.49. The second kappa shape index (κ2) is 7.48. The lowest BCUT2D eigenvalue weighted by Crippen LogP contribution is -2.39. The van der Waals surface area contributed by atoms with Crippen LogP contribution in [0, 0.1) is 0 Å². The van der Waals surface area contributed by atoms with Crippen LogP contribution < -0.4 is 5.32 Å². The number of fused-ring (bicyclic) bond motifs is 1. The minimum absolute atomic E-state index is 0.00697. The van der Waals surface area contributed by atoms with E-state index in [1.807, 2.05) is 48.5 Å². The van der Waals surface area contributed by atoms with E-state index >= 15 is 0 Å². The summed E-state index contributed by atoms with van der Waals surface area (Å²) in [6, 6.07) is 17.3. The lowest BCUT2D eigenvalue weighted by atomic mass is 10.2. The van der Waals surface area contributed by atoms with Crippen LogP contribution in [-0.2, 0) is 11.3 Å². The van der Waals surface area contributed by atoms with Crippen LogP contribution in [-0.4, -0.2) is 43.6 Å². The third-order valence-corrected chi connectivity index (χ3v) is 5.23. The topological polar surface area (TPSA) is 89.1 Å². The normalized spacial score (nSPS) is 17.0. The van der Waals surface area contributed by atoms with Crippen LogP contribution in [0.2, 0.25) is 0 Å². The zero-order chi connectivity index (χ0) is 19.6. The van der Waals surface area contributed by atoms with Crippen molar-refractivity contribution in [3.63, 3.8) is 0 Å². The molecule has 8 heteroatoms. The van der Waals surface area contributed by atoms with Gasteiger partial charge in [0.1, 0.15) is 17.7 Å². The highest BCUT2D eigenvalue weighted by Crippen LogP contribution is 2.25. The molecule has 1 N–H and O–H groups in total. The van der Waals surface area contributed by atoms with E-state index < -0.39 is 0 Å². The number of aromatic nitrogens is 4. The lowest BCUT2D eigenvalue weighted by Gasteiger charge is -2.22. The number of amides is 1. The van der Waals surface area contributed by atoms with Crippen LogP contribution in [0.1, 0.15) is 18.6 Å². The molecule has 0 aliphatic carbocycles. The standard InChI is InChI=1S/C21H20N6O2/c28-21(23-16-6-3-7-17(12-16)27-14-22-24-25-27)19-8-4-10-26(19)13-18-11-15-5-1-2-9-20(15)29-18/h1-3,5-7,9,11-12,14,19H,4,8,10,13H2,(H,23,28)/t19-/m0/s1. The highest BCUT2D eigenvalue weighted by atomic mass is 16.3. The second-order valence-corrected chi connectivity index (χ2v) is 7.17. The van der Waals surface area contributed by atoms with Crippen LogP contribution in [0.5, 0.6) is 0 Å². The molecule has 8 nitrogen and oxygen atoms in total. The maximum Gasteiger partial charge on any atom is 0.241 e. The predicted molar refractivity (Wildman–Crippen MR) is 107 cm³/mol. The van der Waals surface area contributed by atoms with Gasteiger partial charge in [-0.25, -0.2) is 4.68 Å². The van der Waals surface area contributed by atoms with Gasteiger partial charge in [0.2, 0.25) is 5.91 Å². The third-order valence-electron chi connectivity index (χ3n) is 5.23. The summed E-state index contributed by atoms with van der Waals surface area (Å²) in [7, 11) is 0. The summed E-state index contributed by atoms with van der Waals surface area (Å²) in [5.74, 6) is 0.874. The summed E-state index contributed by atoms with van der Waals surface area (Å²) in [6.45, 7) is 1.50. The summed E-state index contributed by atoms with van der Waals surface area (Å²) >= 11 is 0. The molecule has 0 unspecified atom stereocenters. The molecule has 0 spiro atoms. The Labute approximate surface area is 167 Å². The monoisotopic (exact) mass is 388 g/mol. The maximum atomic E-state index is 13.0. The summed E-state index contributed by atoms with van der Waals surface area (Å²) in [5, 5.41) is 15.3. The smallest absolute Gasteiger partial charge is 0.241 e. The van der Waals surface area contributed by atoms with Crippen molar-refractivity contribution in [3.05, 3.63) is 66.7 Å². The van der Waals surface area contributed by atoms with Gasteiger partial charge in [-0.3, -0.25) is 9.69 Å². The summed E-state index contributed by atoms with van der Waals surface area (Å²) in [6.07, 6.45) is 3.34. The first-order chi connectivity index (χ1) is 14.3. The second-order valence-electron chi connectivity index (χ2n) is 7.17. The van der Waals surface area contributed by atoms with Gasteiger partial charge in [-0.15, -0.1) is 5.10 Å². The number of furan rings is 1. The zero-order valence-electron chi connectivity index (χ0n) is 15.7.